The predicted molar refractivity (Wildman–Crippen MR) is 69.1 cm³/mol. The summed E-state index contributed by atoms with van der Waals surface area (Å²) in [5.74, 6) is 0.711. The third-order valence-electron chi connectivity index (χ3n) is 4.14. The lowest BCUT2D eigenvalue weighted by Gasteiger charge is -2.17. The van der Waals surface area contributed by atoms with Crippen molar-refractivity contribution in [3.8, 4) is 0 Å². The molecule has 0 amide bonds. The Hall–Kier alpha value is -0.430. The SMILES string of the molecule is Cc1c(C)c(C)c2c(c1C)SC(C)C2C. The smallest absolute Gasteiger partial charge is 0.0145 e. The van der Waals surface area contributed by atoms with Crippen LogP contribution in [0, 0.1) is 27.7 Å². The van der Waals surface area contributed by atoms with Gasteiger partial charge in [-0.1, -0.05) is 13.8 Å². The summed E-state index contributed by atoms with van der Waals surface area (Å²) in [6.07, 6.45) is 0. The third kappa shape index (κ3) is 1.44. The van der Waals surface area contributed by atoms with Gasteiger partial charge >= 0.3 is 0 Å². The second kappa shape index (κ2) is 3.55. The molecule has 1 aromatic carbocycles. The van der Waals surface area contributed by atoms with Crippen LogP contribution in [0.4, 0.5) is 0 Å². The lowest BCUT2D eigenvalue weighted by Crippen LogP contribution is -2.04. The predicted octanol–water partition coefficient (Wildman–Crippen LogP) is 4.52. The molecule has 1 heterocycles. The van der Waals surface area contributed by atoms with Gasteiger partial charge in [-0.2, -0.15) is 0 Å². The molecule has 82 valence electrons. The first kappa shape index (κ1) is 11.1. The summed E-state index contributed by atoms with van der Waals surface area (Å²) in [5.41, 5.74) is 7.63. The third-order valence-corrected chi connectivity index (χ3v) is 5.68. The molecule has 0 saturated heterocycles. The van der Waals surface area contributed by atoms with Gasteiger partial charge in [-0.15, -0.1) is 11.8 Å². The second-order valence-corrected chi connectivity index (χ2v) is 6.24. The normalized spacial score (nSPS) is 24.4. The van der Waals surface area contributed by atoms with E-state index in [2.05, 4.69) is 53.3 Å². The monoisotopic (exact) mass is 220 g/mol. The van der Waals surface area contributed by atoms with Gasteiger partial charge in [-0.05, 0) is 61.4 Å². The van der Waals surface area contributed by atoms with Crippen LogP contribution in [-0.2, 0) is 0 Å². The van der Waals surface area contributed by atoms with E-state index in [0.29, 0.717) is 5.92 Å². The molecule has 0 spiro atoms. The summed E-state index contributed by atoms with van der Waals surface area (Å²) in [7, 11) is 0. The Labute approximate surface area is 97.5 Å². The van der Waals surface area contributed by atoms with E-state index in [9.17, 15) is 0 Å². The van der Waals surface area contributed by atoms with Crippen LogP contribution in [0.2, 0.25) is 0 Å². The van der Waals surface area contributed by atoms with Gasteiger partial charge in [-0.25, -0.2) is 0 Å². The van der Waals surface area contributed by atoms with E-state index in [1.54, 1.807) is 10.5 Å². The summed E-state index contributed by atoms with van der Waals surface area (Å²) >= 11 is 2.06. The molecule has 0 bridgehead atoms. The molecule has 1 aliphatic heterocycles. The van der Waals surface area contributed by atoms with E-state index >= 15 is 0 Å². The molecule has 0 radical (unpaired) electrons. The van der Waals surface area contributed by atoms with Gasteiger partial charge in [0.15, 0.2) is 0 Å². The van der Waals surface area contributed by atoms with Gasteiger partial charge in [0.25, 0.3) is 0 Å². The minimum atomic E-state index is 0.711. The van der Waals surface area contributed by atoms with Crippen LogP contribution in [0.5, 0.6) is 0 Å². The fourth-order valence-corrected chi connectivity index (χ4v) is 4.04. The minimum Gasteiger partial charge on any atom is -0.122 e. The van der Waals surface area contributed by atoms with E-state index in [-0.39, 0.29) is 0 Å². The molecule has 15 heavy (non-hydrogen) atoms. The quantitative estimate of drug-likeness (QED) is 0.619. The highest BCUT2D eigenvalue weighted by molar-refractivity contribution is 8.00. The van der Waals surface area contributed by atoms with Crippen LogP contribution in [-0.4, -0.2) is 5.25 Å². The number of benzene rings is 1. The Morgan fingerprint density at radius 1 is 0.800 bits per heavy atom. The average molecular weight is 220 g/mol. The van der Waals surface area contributed by atoms with Crippen molar-refractivity contribution in [2.75, 3.05) is 0 Å². The van der Waals surface area contributed by atoms with Crippen molar-refractivity contribution in [3.05, 3.63) is 27.8 Å². The van der Waals surface area contributed by atoms with Crippen LogP contribution < -0.4 is 0 Å². The first-order chi connectivity index (χ1) is 6.95. The molecule has 0 fully saturated rings. The van der Waals surface area contributed by atoms with Crippen LogP contribution in [0.1, 0.15) is 47.6 Å². The van der Waals surface area contributed by atoms with Gasteiger partial charge in [0.1, 0.15) is 0 Å². The molecule has 2 atom stereocenters. The molecular formula is C14H20S. The fourth-order valence-electron chi connectivity index (χ4n) is 2.53. The zero-order valence-electron chi connectivity index (χ0n) is 10.6. The molecular weight excluding hydrogens is 200 g/mol. The molecule has 2 unspecified atom stereocenters. The molecule has 0 nitrogen and oxygen atoms in total. The van der Waals surface area contributed by atoms with Crippen molar-refractivity contribution < 1.29 is 0 Å². The number of rotatable bonds is 0. The molecule has 0 aliphatic carbocycles. The van der Waals surface area contributed by atoms with Gasteiger partial charge in [0, 0.05) is 10.1 Å². The lowest BCUT2D eigenvalue weighted by molar-refractivity contribution is 0.751. The maximum atomic E-state index is 2.37. The maximum absolute atomic E-state index is 2.37. The zero-order chi connectivity index (χ0) is 11.3. The zero-order valence-corrected chi connectivity index (χ0v) is 11.4. The summed E-state index contributed by atoms with van der Waals surface area (Å²) in [6, 6.07) is 0. The largest absolute Gasteiger partial charge is 0.122 e. The van der Waals surface area contributed by atoms with Crippen LogP contribution in [0.25, 0.3) is 0 Å². The van der Waals surface area contributed by atoms with E-state index < -0.39 is 0 Å². The van der Waals surface area contributed by atoms with E-state index in [1.165, 1.54) is 22.3 Å². The first-order valence-corrected chi connectivity index (χ1v) is 6.60. The van der Waals surface area contributed by atoms with Gasteiger partial charge in [0.2, 0.25) is 0 Å². The Bertz CT molecular complexity index is 418. The summed E-state index contributed by atoms with van der Waals surface area (Å²) in [6.45, 7) is 13.8. The number of thioether (sulfide) groups is 1. The minimum absolute atomic E-state index is 0.711. The van der Waals surface area contributed by atoms with Crippen molar-refractivity contribution in [3.63, 3.8) is 0 Å². The topological polar surface area (TPSA) is 0 Å². The van der Waals surface area contributed by atoms with Crippen LogP contribution in [0.15, 0.2) is 4.90 Å². The average Bonchev–Trinajstić information content (AvgIpc) is 2.50. The number of hydrogen-bond donors (Lipinski definition) is 0. The van der Waals surface area contributed by atoms with E-state index in [1.807, 2.05) is 0 Å². The highest BCUT2D eigenvalue weighted by atomic mass is 32.2. The lowest BCUT2D eigenvalue weighted by atomic mass is 9.87. The molecule has 1 heteroatoms. The highest BCUT2D eigenvalue weighted by Crippen LogP contribution is 2.49. The molecule has 1 aromatic rings. The van der Waals surface area contributed by atoms with Crippen LogP contribution >= 0.6 is 11.8 Å². The Morgan fingerprint density at radius 2 is 1.33 bits per heavy atom. The van der Waals surface area contributed by atoms with Gasteiger partial charge in [-0.3, -0.25) is 0 Å². The molecule has 0 aromatic heterocycles. The Balaban J connectivity index is 2.75. The first-order valence-electron chi connectivity index (χ1n) is 5.72. The number of hydrogen-bond acceptors (Lipinski definition) is 1. The Morgan fingerprint density at radius 3 is 1.93 bits per heavy atom. The van der Waals surface area contributed by atoms with Crippen molar-refractivity contribution in [2.24, 2.45) is 0 Å². The summed E-state index contributed by atoms with van der Waals surface area (Å²) in [5, 5.41) is 0.735. The molecule has 0 N–H and O–H groups in total. The number of fused-ring (bicyclic) bond motifs is 1. The summed E-state index contributed by atoms with van der Waals surface area (Å²) < 4.78 is 0. The molecule has 2 rings (SSSR count). The van der Waals surface area contributed by atoms with Crippen molar-refractivity contribution in [2.45, 2.75) is 57.6 Å². The molecule has 1 aliphatic rings. The van der Waals surface area contributed by atoms with Crippen molar-refractivity contribution in [1.29, 1.82) is 0 Å². The van der Waals surface area contributed by atoms with Gasteiger partial charge in [0.05, 0.1) is 0 Å². The van der Waals surface area contributed by atoms with Crippen LogP contribution in [0.3, 0.4) is 0 Å². The summed E-state index contributed by atoms with van der Waals surface area (Å²) in [4.78, 5) is 1.57. The van der Waals surface area contributed by atoms with Crippen molar-refractivity contribution in [1.82, 2.24) is 0 Å². The Kier molecular flexibility index (Phi) is 2.62. The van der Waals surface area contributed by atoms with Gasteiger partial charge < -0.3 is 0 Å². The fraction of sp³-hybridized carbons (Fsp3) is 0.571. The van der Waals surface area contributed by atoms with E-state index in [0.717, 1.165) is 5.25 Å². The van der Waals surface area contributed by atoms with Crippen molar-refractivity contribution >= 4 is 11.8 Å². The second-order valence-electron chi connectivity index (χ2n) is 4.85. The van der Waals surface area contributed by atoms with E-state index in [4.69, 9.17) is 0 Å². The maximum Gasteiger partial charge on any atom is 0.0145 e. The highest BCUT2D eigenvalue weighted by Gasteiger charge is 2.30. The molecule has 0 saturated carbocycles. The standard InChI is InChI=1S/C14H20S/c1-7-8(2)10(4)14-13(9(7)3)11(5)12(6)15-14/h11-12H,1-6H3.